The van der Waals surface area contributed by atoms with Crippen molar-refractivity contribution in [3.05, 3.63) is 59.6 Å². The van der Waals surface area contributed by atoms with Gasteiger partial charge in [0.25, 0.3) is 5.89 Å². The molecule has 0 atom stereocenters. The highest BCUT2D eigenvalue weighted by Gasteiger charge is 2.11. The van der Waals surface area contributed by atoms with Gasteiger partial charge >= 0.3 is 0 Å². The molecule has 3 rings (SSSR count). The summed E-state index contributed by atoms with van der Waals surface area (Å²) in [6.45, 7) is 6.88. The lowest BCUT2D eigenvalue weighted by Crippen LogP contribution is -1.85. The van der Waals surface area contributed by atoms with Gasteiger partial charge < -0.3 is 4.52 Å². The zero-order valence-corrected chi connectivity index (χ0v) is 10.7. The van der Waals surface area contributed by atoms with Crippen LogP contribution in [0.5, 0.6) is 0 Å². The molecule has 0 saturated carbocycles. The predicted molar refractivity (Wildman–Crippen MR) is 73.9 cm³/mol. The van der Waals surface area contributed by atoms with E-state index in [1.165, 1.54) is 6.20 Å². The lowest BCUT2D eigenvalue weighted by atomic mass is 10.1. The molecule has 0 spiro atoms. The SMILES string of the molecule is [C-]#[N+]c1ccc(-c2noc(-c3cccc(C#N)c3)n2)nc1. The van der Waals surface area contributed by atoms with Gasteiger partial charge in [0.2, 0.25) is 11.5 Å². The lowest BCUT2D eigenvalue weighted by molar-refractivity contribution is 0.432. The summed E-state index contributed by atoms with van der Waals surface area (Å²) < 4.78 is 5.19. The summed E-state index contributed by atoms with van der Waals surface area (Å²) in [6.07, 6.45) is 1.45. The Morgan fingerprint density at radius 3 is 2.86 bits per heavy atom. The fraction of sp³-hybridized carbons (Fsp3) is 0. The molecular formula is C15H7N5O. The minimum absolute atomic E-state index is 0.318. The van der Waals surface area contributed by atoms with Crippen LogP contribution < -0.4 is 0 Å². The molecule has 2 heterocycles. The van der Waals surface area contributed by atoms with Crippen LogP contribution in [0.15, 0.2) is 47.1 Å². The third-order valence-corrected chi connectivity index (χ3v) is 2.77. The van der Waals surface area contributed by atoms with Crippen molar-refractivity contribution in [1.82, 2.24) is 15.1 Å². The van der Waals surface area contributed by atoms with Crippen LogP contribution in [-0.2, 0) is 0 Å². The summed E-state index contributed by atoms with van der Waals surface area (Å²) in [7, 11) is 0. The molecule has 3 aromatic rings. The zero-order valence-electron chi connectivity index (χ0n) is 10.7. The monoisotopic (exact) mass is 273 g/mol. The fourth-order valence-corrected chi connectivity index (χ4v) is 1.75. The van der Waals surface area contributed by atoms with E-state index >= 15 is 0 Å². The van der Waals surface area contributed by atoms with E-state index in [1.807, 2.05) is 0 Å². The highest BCUT2D eigenvalue weighted by atomic mass is 16.5. The van der Waals surface area contributed by atoms with Gasteiger partial charge in [0.1, 0.15) is 5.69 Å². The summed E-state index contributed by atoms with van der Waals surface area (Å²) in [5, 5.41) is 12.8. The molecule has 6 heteroatoms. The molecule has 0 amide bonds. The Kier molecular flexibility index (Phi) is 3.12. The Morgan fingerprint density at radius 2 is 2.14 bits per heavy atom. The average molecular weight is 273 g/mol. The first-order valence-electron chi connectivity index (χ1n) is 5.98. The molecule has 21 heavy (non-hydrogen) atoms. The van der Waals surface area contributed by atoms with Crippen molar-refractivity contribution < 1.29 is 4.52 Å². The van der Waals surface area contributed by atoms with Crippen molar-refractivity contribution in [2.75, 3.05) is 0 Å². The van der Waals surface area contributed by atoms with E-state index < -0.39 is 0 Å². The first-order chi connectivity index (χ1) is 10.3. The molecule has 0 saturated heterocycles. The molecule has 0 bridgehead atoms. The molecule has 2 aromatic heterocycles. The van der Waals surface area contributed by atoms with E-state index in [2.05, 4.69) is 26.0 Å². The van der Waals surface area contributed by atoms with Gasteiger partial charge in [-0.3, -0.25) is 4.98 Å². The third-order valence-electron chi connectivity index (χ3n) is 2.77. The molecule has 0 aliphatic rings. The van der Waals surface area contributed by atoms with Crippen molar-refractivity contribution in [3.63, 3.8) is 0 Å². The van der Waals surface area contributed by atoms with E-state index in [-0.39, 0.29) is 0 Å². The van der Waals surface area contributed by atoms with E-state index in [1.54, 1.807) is 36.4 Å². The summed E-state index contributed by atoms with van der Waals surface area (Å²) in [4.78, 5) is 11.6. The summed E-state index contributed by atoms with van der Waals surface area (Å²) in [6, 6.07) is 12.3. The number of hydrogen-bond donors (Lipinski definition) is 0. The quantitative estimate of drug-likeness (QED) is 0.670. The maximum absolute atomic E-state index is 8.89. The molecule has 0 unspecified atom stereocenters. The van der Waals surface area contributed by atoms with E-state index in [9.17, 15) is 0 Å². The molecule has 0 N–H and O–H groups in total. The van der Waals surface area contributed by atoms with E-state index in [4.69, 9.17) is 16.4 Å². The van der Waals surface area contributed by atoms with Gasteiger partial charge in [-0.05, 0) is 24.3 Å². The van der Waals surface area contributed by atoms with Crippen LogP contribution in [0.1, 0.15) is 5.56 Å². The molecular weight excluding hydrogens is 266 g/mol. The Bertz CT molecular complexity index is 868. The highest BCUT2D eigenvalue weighted by Crippen LogP contribution is 2.22. The van der Waals surface area contributed by atoms with Crippen LogP contribution in [0.25, 0.3) is 27.8 Å². The minimum Gasteiger partial charge on any atom is -0.334 e. The molecule has 1 aromatic carbocycles. The van der Waals surface area contributed by atoms with Crippen molar-refractivity contribution in [2.45, 2.75) is 0 Å². The number of nitriles is 1. The van der Waals surface area contributed by atoms with Gasteiger partial charge in [-0.15, -0.1) is 0 Å². The third kappa shape index (κ3) is 2.46. The second kappa shape index (κ2) is 5.24. The second-order valence-electron chi connectivity index (χ2n) is 4.13. The molecule has 6 nitrogen and oxygen atoms in total. The largest absolute Gasteiger partial charge is 0.334 e. The minimum atomic E-state index is 0.318. The average Bonchev–Trinajstić information content (AvgIpc) is 3.05. The number of rotatable bonds is 2. The van der Waals surface area contributed by atoms with E-state index in [0.717, 1.165) is 0 Å². The summed E-state index contributed by atoms with van der Waals surface area (Å²) in [5.74, 6) is 0.655. The maximum Gasteiger partial charge on any atom is 0.258 e. The van der Waals surface area contributed by atoms with Crippen molar-refractivity contribution in [1.29, 1.82) is 5.26 Å². The van der Waals surface area contributed by atoms with Crippen LogP contribution in [-0.4, -0.2) is 15.1 Å². The van der Waals surface area contributed by atoms with Crippen molar-refractivity contribution in [3.8, 4) is 29.0 Å². The number of benzene rings is 1. The molecule has 98 valence electrons. The Balaban J connectivity index is 1.96. The zero-order chi connectivity index (χ0) is 14.7. The lowest BCUT2D eigenvalue weighted by Gasteiger charge is -1.94. The van der Waals surface area contributed by atoms with E-state index in [0.29, 0.717) is 34.2 Å². The number of hydrogen-bond acceptors (Lipinski definition) is 5. The van der Waals surface area contributed by atoms with Crippen molar-refractivity contribution >= 4 is 5.69 Å². The number of pyridine rings is 1. The van der Waals surface area contributed by atoms with Gasteiger partial charge in [-0.1, -0.05) is 17.3 Å². The van der Waals surface area contributed by atoms with Crippen LogP contribution in [0.2, 0.25) is 0 Å². The van der Waals surface area contributed by atoms with Gasteiger partial charge in [0.05, 0.1) is 18.2 Å². The standard InChI is InChI=1S/C15H7N5O/c1-17-12-5-6-13(18-9-12)14-19-15(21-20-14)11-4-2-3-10(7-11)8-16/h2-7,9H. The normalized spacial score (nSPS) is 9.81. The van der Waals surface area contributed by atoms with Gasteiger partial charge in [-0.2, -0.15) is 10.2 Å². The number of nitrogens with zero attached hydrogens (tertiary/aromatic N) is 5. The topological polar surface area (TPSA) is 80.0 Å². The highest BCUT2D eigenvalue weighted by molar-refractivity contribution is 5.60. The first kappa shape index (κ1) is 12.5. The second-order valence-corrected chi connectivity index (χ2v) is 4.13. The molecule has 0 aliphatic carbocycles. The van der Waals surface area contributed by atoms with Gasteiger partial charge in [0.15, 0.2) is 0 Å². The summed E-state index contributed by atoms with van der Waals surface area (Å²) >= 11 is 0. The first-order valence-corrected chi connectivity index (χ1v) is 5.98. The smallest absolute Gasteiger partial charge is 0.258 e. The van der Waals surface area contributed by atoms with Crippen LogP contribution >= 0.6 is 0 Å². The summed E-state index contributed by atoms with van der Waals surface area (Å²) in [5.41, 5.74) is 2.16. The molecule has 0 aliphatic heterocycles. The van der Waals surface area contributed by atoms with Crippen LogP contribution in [0.4, 0.5) is 5.69 Å². The van der Waals surface area contributed by atoms with Crippen molar-refractivity contribution in [2.24, 2.45) is 0 Å². The van der Waals surface area contributed by atoms with Crippen LogP contribution in [0, 0.1) is 17.9 Å². The van der Waals surface area contributed by atoms with Crippen LogP contribution in [0.3, 0.4) is 0 Å². The van der Waals surface area contributed by atoms with Gasteiger partial charge in [-0.25, -0.2) is 4.85 Å². The molecule has 0 fully saturated rings. The molecule has 0 radical (unpaired) electrons. The van der Waals surface area contributed by atoms with Gasteiger partial charge in [0, 0.05) is 11.8 Å². The fourth-order valence-electron chi connectivity index (χ4n) is 1.75. The maximum atomic E-state index is 8.89. The Morgan fingerprint density at radius 1 is 1.24 bits per heavy atom. The number of aromatic nitrogens is 3. The Hall–Kier alpha value is -3.51. The Labute approximate surface area is 120 Å². The predicted octanol–water partition coefficient (Wildman–Crippen LogP) is 3.22.